The fourth-order valence-corrected chi connectivity index (χ4v) is 2.16. The van der Waals surface area contributed by atoms with Crippen LogP contribution in [-0.4, -0.2) is 11.3 Å². The molecular formula is C8H4BrF5INO. The van der Waals surface area contributed by atoms with Gasteiger partial charge in [-0.25, -0.2) is 13.8 Å². The van der Waals surface area contributed by atoms with Crippen molar-refractivity contribution in [1.82, 2.24) is 4.98 Å². The monoisotopic (exact) mass is 431 g/mol. The normalized spacial score (nSPS) is 12.0. The van der Waals surface area contributed by atoms with Gasteiger partial charge in [0.1, 0.15) is 9.39 Å². The van der Waals surface area contributed by atoms with E-state index in [4.69, 9.17) is 0 Å². The summed E-state index contributed by atoms with van der Waals surface area (Å²) in [7, 11) is 0. The molecule has 1 aromatic rings. The van der Waals surface area contributed by atoms with E-state index in [1.807, 2.05) is 0 Å². The van der Waals surface area contributed by atoms with Crippen molar-refractivity contribution in [2.24, 2.45) is 0 Å². The predicted octanol–water partition coefficient (Wildman–Crippen LogP) is 4.42. The van der Waals surface area contributed by atoms with Crippen molar-refractivity contribution in [2.45, 2.75) is 18.1 Å². The first-order valence-electron chi connectivity index (χ1n) is 4.03. The van der Waals surface area contributed by atoms with Gasteiger partial charge in [-0.15, -0.1) is 13.2 Å². The minimum atomic E-state index is -4.88. The van der Waals surface area contributed by atoms with Crippen LogP contribution in [0, 0.1) is 3.70 Å². The molecule has 0 bridgehead atoms. The van der Waals surface area contributed by atoms with Crippen LogP contribution in [0.2, 0.25) is 0 Å². The molecule has 96 valence electrons. The van der Waals surface area contributed by atoms with Crippen LogP contribution in [0.25, 0.3) is 0 Å². The zero-order chi connectivity index (χ0) is 13.2. The molecule has 0 aliphatic heterocycles. The molecule has 17 heavy (non-hydrogen) atoms. The number of ether oxygens (including phenoxy) is 1. The van der Waals surface area contributed by atoms with Gasteiger partial charge in [-0.3, -0.25) is 0 Å². The predicted molar refractivity (Wildman–Crippen MR) is 61.2 cm³/mol. The molecule has 0 saturated carbocycles. The van der Waals surface area contributed by atoms with Crippen LogP contribution in [0.5, 0.6) is 5.75 Å². The molecule has 1 rings (SSSR count). The lowest BCUT2D eigenvalue weighted by molar-refractivity contribution is -0.275. The van der Waals surface area contributed by atoms with Gasteiger partial charge in [0.15, 0.2) is 5.75 Å². The Morgan fingerprint density at radius 3 is 2.41 bits per heavy atom. The van der Waals surface area contributed by atoms with E-state index in [-0.39, 0.29) is 14.6 Å². The van der Waals surface area contributed by atoms with Crippen molar-refractivity contribution < 1.29 is 26.7 Å². The molecule has 0 unspecified atom stereocenters. The Kier molecular flexibility index (Phi) is 4.93. The van der Waals surface area contributed by atoms with Gasteiger partial charge in [0.25, 0.3) is 6.43 Å². The molecule has 0 amide bonds. The van der Waals surface area contributed by atoms with Gasteiger partial charge in [0, 0.05) is 10.9 Å². The Bertz CT molecular complexity index is 412. The van der Waals surface area contributed by atoms with E-state index in [0.717, 1.165) is 6.07 Å². The third-order valence-electron chi connectivity index (χ3n) is 1.61. The molecule has 0 N–H and O–H groups in total. The van der Waals surface area contributed by atoms with Crippen molar-refractivity contribution in [1.29, 1.82) is 0 Å². The summed E-state index contributed by atoms with van der Waals surface area (Å²) in [6.45, 7) is 0. The highest BCUT2D eigenvalue weighted by Gasteiger charge is 2.33. The van der Waals surface area contributed by atoms with Crippen LogP contribution in [0.1, 0.15) is 17.7 Å². The summed E-state index contributed by atoms with van der Waals surface area (Å²) in [6.07, 6.45) is -7.73. The number of aromatic nitrogens is 1. The van der Waals surface area contributed by atoms with Crippen LogP contribution in [0.4, 0.5) is 22.0 Å². The van der Waals surface area contributed by atoms with Crippen LogP contribution < -0.4 is 4.74 Å². The Balaban J connectivity index is 3.21. The van der Waals surface area contributed by atoms with Crippen molar-refractivity contribution in [3.05, 3.63) is 21.0 Å². The van der Waals surface area contributed by atoms with Gasteiger partial charge in [-0.05, 0) is 28.7 Å². The zero-order valence-electron chi connectivity index (χ0n) is 7.86. The van der Waals surface area contributed by atoms with Gasteiger partial charge in [-0.2, -0.15) is 0 Å². The summed E-state index contributed by atoms with van der Waals surface area (Å²) in [6, 6.07) is 0.878. The lowest BCUT2D eigenvalue weighted by atomic mass is 10.2. The Labute approximate surface area is 115 Å². The van der Waals surface area contributed by atoms with Gasteiger partial charge in [-0.1, -0.05) is 15.9 Å². The van der Waals surface area contributed by atoms with Crippen LogP contribution in [-0.2, 0) is 5.33 Å². The fourth-order valence-electron chi connectivity index (χ4n) is 1.01. The van der Waals surface area contributed by atoms with Gasteiger partial charge < -0.3 is 4.74 Å². The molecule has 2 nitrogen and oxygen atoms in total. The average Bonchev–Trinajstić information content (AvgIpc) is 2.18. The molecule has 0 aliphatic carbocycles. The second-order valence-electron chi connectivity index (χ2n) is 2.81. The van der Waals surface area contributed by atoms with Crippen molar-refractivity contribution in [3.63, 3.8) is 0 Å². The largest absolute Gasteiger partial charge is 0.573 e. The maximum Gasteiger partial charge on any atom is 0.573 e. The van der Waals surface area contributed by atoms with Crippen LogP contribution >= 0.6 is 38.5 Å². The molecule has 0 saturated heterocycles. The number of pyridine rings is 1. The highest BCUT2D eigenvalue weighted by atomic mass is 127. The topological polar surface area (TPSA) is 22.1 Å². The molecule has 0 atom stereocenters. The molecule has 1 aromatic heterocycles. The van der Waals surface area contributed by atoms with Gasteiger partial charge in [0.2, 0.25) is 0 Å². The van der Waals surface area contributed by atoms with Gasteiger partial charge in [0.05, 0.1) is 0 Å². The SMILES string of the molecule is FC(F)c1cc(CBr)c(OC(F)(F)F)c(I)n1. The van der Waals surface area contributed by atoms with Crippen molar-refractivity contribution in [2.75, 3.05) is 0 Å². The minimum Gasteiger partial charge on any atom is -0.403 e. The smallest absolute Gasteiger partial charge is 0.403 e. The van der Waals surface area contributed by atoms with E-state index in [1.54, 1.807) is 0 Å². The van der Waals surface area contributed by atoms with E-state index in [0.29, 0.717) is 0 Å². The number of alkyl halides is 6. The maximum absolute atomic E-state index is 12.4. The standard InChI is InChI=1S/C8H4BrF5INO/c9-2-3-1-4(6(10)11)16-7(15)5(3)17-8(12,13)14/h1,6H,2H2. The second-order valence-corrected chi connectivity index (χ2v) is 4.39. The van der Waals surface area contributed by atoms with E-state index in [1.165, 1.54) is 22.6 Å². The summed E-state index contributed by atoms with van der Waals surface area (Å²) in [5.74, 6) is -0.556. The first-order valence-corrected chi connectivity index (χ1v) is 6.23. The van der Waals surface area contributed by atoms with E-state index >= 15 is 0 Å². The molecule has 0 aromatic carbocycles. The lowest BCUT2D eigenvalue weighted by Crippen LogP contribution is -2.19. The third-order valence-corrected chi connectivity index (χ3v) is 2.95. The number of nitrogens with zero attached hydrogens (tertiary/aromatic N) is 1. The molecule has 0 fully saturated rings. The van der Waals surface area contributed by atoms with Crippen molar-refractivity contribution in [3.8, 4) is 5.75 Å². The second kappa shape index (κ2) is 5.63. The number of rotatable bonds is 3. The highest BCUT2D eigenvalue weighted by Crippen LogP contribution is 2.33. The zero-order valence-corrected chi connectivity index (χ0v) is 11.6. The molecule has 0 spiro atoms. The molecule has 9 heteroatoms. The number of hydrogen-bond donors (Lipinski definition) is 0. The number of hydrogen-bond acceptors (Lipinski definition) is 2. The molecule has 0 radical (unpaired) electrons. The first kappa shape index (κ1) is 14.9. The Morgan fingerprint density at radius 1 is 1.41 bits per heavy atom. The van der Waals surface area contributed by atoms with Crippen LogP contribution in [0.3, 0.4) is 0 Å². The summed E-state index contributed by atoms with van der Waals surface area (Å²) >= 11 is 4.33. The summed E-state index contributed by atoms with van der Waals surface area (Å²) in [5.41, 5.74) is -0.615. The summed E-state index contributed by atoms with van der Waals surface area (Å²) in [4.78, 5) is 3.36. The molecule has 0 aliphatic rings. The van der Waals surface area contributed by atoms with E-state index < -0.39 is 24.2 Å². The summed E-state index contributed by atoms with van der Waals surface area (Å²) < 4.78 is 64.5. The lowest BCUT2D eigenvalue weighted by Gasteiger charge is -2.14. The van der Waals surface area contributed by atoms with Crippen molar-refractivity contribution >= 4 is 38.5 Å². The molecule has 1 heterocycles. The third kappa shape index (κ3) is 4.19. The first-order chi connectivity index (χ1) is 7.74. The Hall–Kier alpha value is -0.190. The minimum absolute atomic E-state index is 0.0305. The maximum atomic E-state index is 12.4. The summed E-state index contributed by atoms with van der Waals surface area (Å²) in [5, 5.41) is -0.0450. The fraction of sp³-hybridized carbons (Fsp3) is 0.375. The highest BCUT2D eigenvalue weighted by molar-refractivity contribution is 14.1. The van der Waals surface area contributed by atoms with Gasteiger partial charge >= 0.3 is 6.36 Å². The molecular weight excluding hydrogens is 428 g/mol. The van der Waals surface area contributed by atoms with Crippen LogP contribution in [0.15, 0.2) is 6.07 Å². The van der Waals surface area contributed by atoms with E-state index in [2.05, 4.69) is 25.7 Å². The van der Waals surface area contributed by atoms with E-state index in [9.17, 15) is 22.0 Å². The Morgan fingerprint density at radius 2 is 2.00 bits per heavy atom. The number of halogens is 7. The quantitative estimate of drug-likeness (QED) is 0.306. The average molecular weight is 432 g/mol.